The van der Waals surface area contributed by atoms with E-state index in [9.17, 15) is 0 Å². The van der Waals surface area contributed by atoms with Crippen molar-refractivity contribution in [2.45, 2.75) is 78.1 Å². The molecule has 2 fully saturated rings. The molecule has 0 bridgehead atoms. The molecule has 4 aromatic carbocycles. The van der Waals surface area contributed by atoms with Gasteiger partial charge >= 0.3 is 0 Å². The van der Waals surface area contributed by atoms with Gasteiger partial charge in [0.25, 0.3) is 0 Å². The molecule has 296 valence electrons. The van der Waals surface area contributed by atoms with Gasteiger partial charge < -0.3 is 19.7 Å². The Balaban J connectivity index is 0.000000132. The van der Waals surface area contributed by atoms with Gasteiger partial charge in [-0.05, 0) is 125 Å². The fourth-order valence-electron chi connectivity index (χ4n) is 9.30. The Morgan fingerprint density at radius 2 is 1.19 bits per heavy atom. The maximum Gasteiger partial charge on any atom is 0.0755 e. The van der Waals surface area contributed by atoms with Crippen LogP contribution in [0, 0.1) is 41.5 Å². The predicted molar refractivity (Wildman–Crippen MR) is 244 cm³/mol. The summed E-state index contributed by atoms with van der Waals surface area (Å²) in [6.07, 6.45) is 4.46. The molecule has 0 radical (unpaired) electrons. The molecule has 4 aliphatic rings. The van der Waals surface area contributed by atoms with Crippen LogP contribution >= 0.6 is 43.5 Å². The summed E-state index contributed by atoms with van der Waals surface area (Å²) in [6, 6.07) is 26.0. The monoisotopic (exact) mass is 908 g/mol. The van der Waals surface area contributed by atoms with Gasteiger partial charge in [-0.2, -0.15) is 0 Å². The van der Waals surface area contributed by atoms with Crippen LogP contribution in [0.15, 0.2) is 81.7 Å². The van der Waals surface area contributed by atoms with Crippen LogP contribution < -0.4 is 10.2 Å². The summed E-state index contributed by atoms with van der Waals surface area (Å²) in [4.78, 5) is 12.0. The van der Waals surface area contributed by atoms with E-state index in [0.717, 1.165) is 113 Å². The number of anilines is 3. The van der Waals surface area contributed by atoms with Crippen molar-refractivity contribution < 1.29 is 9.47 Å². The molecule has 2 saturated heterocycles. The van der Waals surface area contributed by atoms with Crippen LogP contribution in [0.1, 0.15) is 70.5 Å². The normalized spacial score (nSPS) is 17.5. The zero-order valence-corrected chi connectivity index (χ0v) is 37.7. The molecular formula is C48H51Br2ClN4O2. The molecule has 6 nitrogen and oxygen atoms in total. The van der Waals surface area contributed by atoms with Gasteiger partial charge in [0.15, 0.2) is 0 Å². The van der Waals surface area contributed by atoms with Gasteiger partial charge in [0, 0.05) is 92.8 Å². The van der Waals surface area contributed by atoms with Crippen LogP contribution in [0.25, 0.3) is 21.8 Å². The molecule has 6 aromatic rings. The highest BCUT2D eigenvalue weighted by Crippen LogP contribution is 2.52. The molecule has 2 aromatic heterocycles. The Morgan fingerprint density at radius 3 is 1.84 bits per heavy atom. The summed E-state index contributed by atoms with van der Waals surface area (Å²) in [6.45, 7) is 18.1. The summed E-state index contributed by atoms with van der Waals surface area (Å²) < 4.78 is 13.5. The zero-order chi connectivity index (χ0) is 40.1. The molecule has 9 heteroatoms. The number of para-hydroxylation sites is 2. The van der Waals surface area contributed by atoms with Crippen LogP contribution in [-0.2, 0) is 20.3 Å². The highest BCUT2D eigenvalue weighted by molar-refractivity contribution is 9.10. The lowest BCUT2D eigenvalue weighted by Crippen LogP contribution is -2.37. The van der Waals surface area contributed by atoms with Crippen molar-refractivity contribution in [2.24, 2.45) is 0 Å². The van der Waals surface area contributed by atoms with E-state index in [1.165, 1.54) is 50.3 Å². The first-order chi connectivity index (χ1) is 27.4. The number of hydrogen-bond donors (Lipinski definition) is 1. The highest BCUT2D eigenvalue weighted by Gasteiger charge is 2.45. The number of halogens is 3. The third-order valence-electron chi connectivity index (χ3n) is 12.9. The van der Waals surface area contributed by atoms with Crippen LogP contribution in [0.4, 0.5) is 17.1 Å². The third kappa shape index (κ3) is 7.50. The molecule has 57 heavy (non-hydrogen) atoms. The van der Waals surface area contributed by atoms with E-state index in [0.29, 0.717) is 5.41 Å². The topological polar surface area (TPSA) is 59.5 Å². The van der Waals surface area contributed by atoms with Gasteiger partial charge in [0.2, 0.25) is 0 Å². The smallest absolute Gasteiger partial charge is 0.0755 e. The summed E-state index contributed by atoms with van der Waals surface area (Å²) in [7, 11) is 0. The van der Waals surface area contributed by atoms with Crippen molar-refractivity contribution in [3.05, 3.63) is 132 Å². The number of rotatable bonds is 1. The average Bonchev–Trinajstić information content (AvgIpc) is 3.69. The fraction of sp³-hybridized carbons (Fsp3) is 0.375. The van der Waals surface area contributed by atoms with Crippen LogP contribution in [0.2, 0.25) is 5.02 Å². The van der Waals surface area contributed by atoms with Gasteiger partial charge in [0.05, 0.1) is 21.7 Å². The van der Waals surface area contributed by atoms with E-state index >= 15 is 0 Å². The Hall–Kier alpha value is -3.53. The van der Waals surface area contributed by atoms with Gasteiger partial charge in [-0.1, -0.05) is 92.0 Å². The van der Waals surface area contributed by atoms with Crippen molar-refractivity contribution in [3.8, 4) is 0 Å². The molecule has 1 N–H and O–H groups in total. The second kappa shape index (κ2) is 16.3. The number of ether oxygens (including phenoxy) is 2. The number of hydrogen-bond acceptors (Lipinski definition) is 6. The van der Waals surface area contributed by atoms with Crippen molar-refractivity contribution in [1.82, 2.24) is 9.97 Å². The molecule has 0 saturated carbocycles. The Kier molecular flexibility index (Phi) is 11.5. The predicted octanol–water partition coefficient (Wildman–Crippen LogP) is 12.9. The zero-order valence-electron chi connectivity index (χ0n) is 33.8. The summed E-state index contributed by atoms with van der Waals surface area (Å²) in [5.41, 5.74) is 16.4. The molecule has 2 spiro atoms. The van der Waals surface area contributed by atoms with Gasteiger partial charge in [-0.3, -0.25) is 9.97 Å². The minimum absolute atomic E-state index is 0.175. The van der Waals surface area contributed by atoms with E-state index in [1.54, 1.807) is 0 Å². The molecule has 0 atom stereocenters. The van der Waals surface area contributed by atoms with Crippen molar-refractivity contribution >= 4 is 82.3 Å². The van der Waals surface area contributed by atoms with E-state index in [-0.39, 0.29) is 5.41 Å². The van der Waals surface area contributed by atoms with Gasteiger partial charge in [-0.15, -0.1) is 0 Å². The molecule has 4 aliphatic heterocycles. The lowest BCUT2D eigenvalue weighted by Gasteiger charge is -2.35. The number of pyridine rings is 2. The molecule has 6 heterocycles. The molecule has 0 aliphatic carbocycles. The maximum atomic E-state index is 6.26. The summed E-state index contributed by atoms with van der Waals surface area (Å²) in [5, 5.41) is 6.64. The minimum atomic E-state index is 0.175. The van der Waals surface area contributed by atoms with Crippen LogP contribution in [0.3, 0.4) is 0 Å². The number of nitrogens with zero attached hydrogens (tertiary/aromatic N) is 3. The first kappa shape index (κ1) is 40.3. The molecule has 0 amide bonds. The second-order valence-electron chi connectivity index (χ2n) is 16.3. The van der Waals surface area contributed by atoms with E-state index < -0.39 is 0 Å². The first-order valence-corrected chi connectivity index (χ1v) is 22.0. The molecule has 10 rings (SSSR count). The number of benzene rings is 4. The lowest BCUT2D eigenvalue weighted by atomic mass is 9.76. The van der Waals surface area contributed by atoms with Crippen molar-refractivity contribution in [3.63, 3.8) is 0 Å². The standard InChI is InChI=1S/C24H25BrN2O.C12H14BrNO.C12H12ClN/c1-15-5-4-6-19-22(15)26-17(3)16(2)23(19)27-14-24(9-11-28-12-10-24)20-8-7-18(25)13-21(20)27;13-9-1-2-10-11(7-9)14-8-12(10)3-5-15-6-4-12;1-7-5-4-6-10-11(13)8(2)9(3)14-12(7)10/h4-8,13H,9-12,14H2,1-3H3;1-2,7,14H,3-6,8H2;4-6H,1-3H3. The number of fused-ring (bicyclic) bond motifs is 6. The number of nitrogens with one attached hydrogen (secondary N) is 1. The minimum Gasteiger partial charge on any atom is -0.384 e. The number of aryl methyl sites for hydroxylation is 4. The SMILES string of the molecule is Brc1ccc2c(c1)NCC21CCOCC1.Cc1nc2c(C)cccc2c(Cl)c1C.Cc1nc2c(C)cccc2c(N2CC3(CCOCC3)c3ccc(Br)cc32)c1C. The Labute approximate surface area is 359 Å². The van der Waals surface area contributed by atoms with Gasteiger partial charge in [0.1, 0.15) is 0 Å². The van der Waals surface area contributed by atoms with Crippen LogP contribution in [0.5, 0.6) is 0 Å². The van der Waals surface area contributed by atoms with E-state index in [1.807, 2.05) is 26.0 Å². The van der Waals surface area contributed by atoms with Crippen molar-refractivity contribution in [2.75, 3.05) is 49.7 Å². The summed E-state index contributed by atoms with van der Waals surface area (Å²) >= 11 is 13.5. The third-order valence-corrected chi connectivity index (χ3v) is 14.4. The Bertz CT molecular complexity index is 2490. The molecule has 0 unspecified atom stereocenters. The second-order valence-corrected chi connectivity index (χ2v) is 18.5. The number of aromatic nitrogens is 2. The maximum absolute atomic E-state index is 6.26. The lowest BCUT2D eigenvalue weighted by molar-refractivity contribution is 0.0558. The molecular weight excluding hydrogens is 860 g/mol. The quantitative estimate of drug-likeness (QED) is 0.177. The largest absolute Gasteiger partial charge is 0.384 e. The Morgan fingerprint density at radius 1 is 0.649 bits per heavy atom. The fourth-order valence-corrected chi connectivity index (χ4v) is 10.3. The summed E-state index contributed by atoms with van der Waals surface area (Å²) in [5.74, 6) is 0. The first-order valence-electron chi connectivity index (χ1n) is 20.1. The highest BCUT2D eigenvalue weighted by atomic mass is 79.9. The van der Waals surface area contributed by atoms with E-state index in [4.69, 9.17) is 26.1 Å². The van der Waals surface area contributed by atoms with Crippen molar-refractivity contribution in [1.29, 1.82) is 0 Å². The van der Waals surface area contributed by atoms with Gasteiger partial charge in [-0.25, -0.2) is 0 Å². The van der Waals surface area contributed by atoms with E-state index in [2.05, 4.69) is 135 Å². The van der Waals surface area contributed by atoms with Crippen LogP contribution in [-0.4, -0.2) is 49.5 Å². The average molecular weight is 911 g/mol.